The maximum atomic E-state index is 12.3. The van der Waals surface area contributed by atoms with E-state index in [1.165, 1.54) is 24.7 Å². The number of amides is 2. The number of fused-ring (bicyclic) bond motifs is 1. The summed E-state index contributed by atoms with van der Waals surface area (Å²) in [6.45, 7) is 6.38. The molecular formula is C19H27N3O2S. The van der Waals surface area contributed by atoms with Crippen LogP contribution in [0.1, 0.15) is 32.6 Å². The first-order valence-electron chi connectivity index (χ1n) is 9.21. The molecule has 1 fully saturated rings. The summed E-state index contributed by atoms with van der Waals surface area (Å²) in [5.74, 6) is 0.459. The predicted octanol–water partition coefficient (Wildman–Crippen LogP) is 2.73. The number of nitrogens with zero attached hydrogens (tertiary/aromatic N) is 1. The Morgan fingerprint density at radius 1 is 1.32 bits per heavy atom. The molecule has 2 aliphatic heterocycles. The Morgan fingerprint density at radius 2 is 2.08 bits per heavy atom. The number of para-hydroxylation sites is 1. The van der Waals surface area contributed by atoms with Gasteiger partial charge >= 0.3 is 0 Å². The van der Waals surface area contributed by atoms with Gasteiger partial charge in [0.05, 0.1) is 10.9 Å². The highest BCUT2D eigenvalue weighted by Crippen LogP contribution is 2.36. The Bertz CT molecular complexity index is 614. The third-order valence-corrected chi connectivity index (χ3v) is 6.19. The molecule has 0 bridgehead atoms. The third kappa shape index (κ3) is 4.98. The number of carbonyl (C=O) groups excluding carboxylic acids is 2. The van der Waals surface area contributed by atoms with E-state index in [0.29, 0.717) is 5.92 Å². The first kappa shape index (κ1) is 18.3. The van der Waals surface area contributed by atoms with Crippen LogP contribution in [0.25, 0.3) is 0 Å². The summed E-state index contributed by atoms with van der Waals surface area (Å²) in [6, 6.07) is 7.72. The molecule has 3 rings (SSSR count). The smallest absolute Gasteiger partial charge is 0.238 e. The number of nitrogens with one attached hydrogen (secondary N) is 2. The van der Waals surface area contributed by atoms with Crippen LogP contribution in [0.3, 0.4) is 0 Å². The number of anilines is 1. The van der Waals surface area contributed by atoms with E-state index in [1.54, 1.807) is 0 Å². The fourth-order valence-corrected chi connectivity index (χ4v) is 4.57. The first-order valence-corrected chi connectivity index (χ1v) is 10.1. The Kier molecular flexibility index (Phi) is 6.37. The molecule has 2 aliphatic rings. The molecule has 25 heavy (non-hydrogen) atoms. The van der Waals surface area contributed by atoms with Crippen LogP contribution in [0.5, 0.6) is 0 Å². The van der Waals surface area contributed by atoms with Crippen LogP contribution in [0.15, 0.2) is 29.2 Å². The van der Waals surface area contributed by atoms with Crippen molar-refractivity contribution in [3.8, 4) is 0 Å². The number of hydrogen-bond acceptors (Lipinski definition) is 4. The Labute approximate surface area is 153 Å². The minimum absolute atomic E-state index is 0.0250. The van der Waals surface area contributed by atoms with Crippen LogP contribution in [0.2, 0.25) is 0 Å². The second kappa shape index (κ2) is 8.72. The lowest BCUT2D eigenvalue weighted by molar-refractivity contribution is -0.124. The van der Waals surface area contributed by atoms with Crippen molar-refractivity contribution in [1.29, 1.82) is 0 Å². The Hall–Kier alpha value is -1.53. The van der Waals surface area contributed by atoms with Gasteiger partial charge in [-0.05, 0) is 56.9 Å². The molecule has 2 amide bonds. The average Bonchev–Trinajstić information content (AvgIpc) is 2.62. The van der Waals surface area contributed by atoms with Crippen LogP contribution in [0, 0.1) is 5.92 Å². The van der Waals surface area contributed by atoms with Gasteiger partial charge in [-0.1, -0.05) is 19.1 Å². The normalized spacial score (nSPS) is 21.5. The number of piperidine rings is 1. The topological polar surface area (TPSA) is 61.4 Å². The van der Waals surface area contributed by atoms with E-state index in [0.717, 1.165) is 43.1 Å². The van der Waals surface area contributed by atoms with Crippen molar-refractivity contribution in [2.24, 2.45) is 5.92 Å². The molecular weight excluding hydrogens is 334 g/mol. The van der Waals surface area contributed by atoms with Gasteiger partial charge in [0.15, 0.2) is 0 Å². The van der Waals surface area contributed by atoms with Gasteiger partial charge in [0.1, 0.15) is 0 Å². The molecule has 2 N–H and O–H groups in total. The Morgan fingerprint density at radius 3 is 2.84 bits per heavy atom. The van der Waals surface area contributed by atoms with E-state index in [4.69, 9.17) is 0 Å². The van der Waals surface area contributed by atoms with Gasteiger partial charge in [0, 0.05) is 17.9 Å². The summed E-state index contributed by atoms with van der Waals surface area (Å²) >= 11 is 1.48. The predicted molar refractivity (Wildman–Crippen MR) is 102 cm³/mol. The van der Waals surface area contributed by atoms with Gasteiger partial charge in [-0.25, -0.2) is 0 Å². The monoisotopic (exact) mass is 361 g/mol. The van der Waals surface area contributed by atoms with Crippen molar-refractivity contribution in [3.05, 3.63) is 24.3 Å². The largest absolute Gasteiger partial charge is 0.356 e. The number of thioether (sulfide) groups is 1. The second-order valence-corrected chi connectivity index (χ2v) is 8.13. The van der Waals surface area contributed by atoms with Crippen molar-refractivity contribution < 1.29 is 9.59 Å². The summed E-state index contributed by atoms with van der Waals surface area (Å²) in [5, 5.41) is 5.59. The molecule has 0 radical (unpaired) electrons. The standard InChI is InChI=1S/C19H27N3O2S/c1-2-9-22-10-7-14(8-11-22)13-20-18(23)12-17-19(24)21-15-5-3-4-6-16(15)25-17/h3-6,14,17H,2,7-13H2,1H3,(H,20,23)(H,21,24)/t17-/m1/s1. The van der Waals surface area contributed by atoms with Crippen LogP contribution < -0.4 is 10.6 Å². The molecule has 0 saturated carbocycles. The van der Waals surface area contributed by atoms with Gasteiger partial charge in [0.2, 0.25) is 11.8 Å². The maximum absolute atomic E-state index is 12.3. The van der Waals surface area contributed by atoms with Crippen molar-refractivity contribution in [1.82, 2.24) is 10.2 Å². The molecule has 6 heteroatoms. The quantitative estimate of drug-likeness (QED) is 0.818. The number of hydrogen-bond donors (Lipinski definition) is 2. The van der Waals surface area contributed by atoms with Gasteiger partial charge < -0.3 is 15.5 Å². The number of benzene rings is 1. The molecule has 5 nitrogen and oxygen atoms in total. The lowest BCUT2D eigenvalue weighted by Crippen LogP contribution is -2.40. The fraction of sp³-hybridized carbons (Fsp3) is 0.579. The molecule has 1 aromatic carbocycles. The maximum Gasteiger partial charge on any atom is 0.238 e. The fourth-order valence-electron chi connectivity index (χ4n) is 3.46. The molecule has 0 spiro atoms. The van der Waals surface area contributed by atoms with E-state index in [9.17, 15) is 9.59 Å². The van der Waals surface area contributed by atoms with Gasteiger partial charge in [-0.15, -0.1) is 11.8 Å². The van der Waals surface area contributed by atoms with Crippen LogP contribution in [-0.2, 0) is 9.59 Å². The summed E-state index contributed by atoms with van der Waals surface area (Å²) in [6.07, 6.45) is 3.73. The van der Waals surface area contributed by atoms with Crippen molar-refractivity contribution >= 4 is 29.3 Å². The molecule has 1 saturated heterocycles. The highest BCUT2D eigenvalue weighted by atomic mass is 32.2. The van der Waals surface area contributed by atoms with Crippen LogP contribution in [0.4, 0.5) is 5.69 Å². The molecule has 136 valence electrons. The van der Waals surface area contributed by atoms with E-state index in [1.807, 2.05) is 24.3 Å². The summed E-state index contributed by atoms with van der Waals surface area (Å²) in [5.41, 5.74) is 0.841. The first-order chi connectivity index (χ1) is 12.2. The zero-order valence-electron chi connectivity index (χ0n) is 14.8. The highest BCUT2D eigenvalue weighted by Gasteiger charge is 2.29. The van der Waals surface area contributed by atoms with Gasteiger partial charge in [0.25, 0.3) is 0 Å². The van der Waals surface area contributed by atoms with E-state index < -0.39 is 0 Å². The average molecular weight is 362 g/mol. The van der Waals surface area contributed by atoms with Crippen LogP contribution >= 0.6 is 11.8 Å². The van der Waals surface area contributed by atoms with Crippen molar-refractivity contribution in [2.75, 3.05) is 31.5 Å². The van der Waals surface area contributed by atoms with Crippen molar-refractivity contribution in [3.63, 3.8) is 0 Å². The van der Waals surface area contributed by atoms with Crippen LogP contribution in [-0.4, -0.2) is 48.1 Å². The summed E-state index contributed by atoms with van der Waals surface area (Å²) < 4.78 is 0. The lowest BCUT2D eigenvalue weighted by Gasteiger charge is -2.31. The summed E-state index contributed by atoms with van der Waals surface area (Å²) in [7, 11) is 0. The molecule has 2 heterocycles. The van der Waals surface area contributed by atoms with Gasteiger partial charge in [-0.3, -0.25) is 9.59 Å². The number of likely N-dealkylation sites (tertiary alicyclic amines) is 1. The minimum Gasteiger partial charge on any atom is -0.356 e. The van der Waals surface area contributed by atoms with E-state index in [-0.39, 0.29) is 23.5 Å². The zero-order chi connectivity index (χ0) is 17.6. The zero-order valence-corrected chi connectivity index (χ0v) is 15.6. The third-order valence-electron chi connectivity index (χ3n) is 4.91. The van der Waals surface area contributed by atoms with E-state index >= 15 is 0 Å². The van der Waals surface area contributed by atoms with E-state index in [2.05, 4.69) is 22.5 Å². The lowest BCUT2D eigenvalue weighted by atomic mass is 9.96. The number of carbonyl (C=O) groups is 2. The summed E-state index contributed by atoms with van der Waals surface area (Å²) in [4.78, 5) is 28.0. The molecule has 1 atom stereocenters. The molecule has 0 unspecified atom stereocenters. The molecule has 1 aromatic rings. The second-order valence-electron chi connectivity index (χ2n) is 6.89. The molecule has 0 aromatic heterocycles. The number of rotatable bonds is 6. The minimum atomic E-state index is -0.346. The SMILES string of the molecule is CCCN1CCC(CNC(=O)C[C@H]2Sc3ccccc3NC2=O)CC1. The molecule has 0 aliphatic carbocycles. The van der Waals surface area contributed by atoms with Gasteiger partial charge in [-0.2, -0.15) is 0 Å². The Balaban J connectivity index is 1.42. The highest BCUT2D eigenvalue weighted by molar-refractivity contribution is 8.01. The van der Waals surface area contributed by atoms with Crippen molar-refractivity contribution in [2.45, 2.75) is 42.8 Å².